The summed E-state index contributed by atoms with van der Waals surface area (Å²) >= 11 is 2.14. The van der Waals surface area contributed by atoms with Crippen LogP contribution in [0.25, 0.3) is 17.0 Å². The van der Waals surface area contributed by atoms with Crippen LogP contribution in [0.5, 0.6) is 0 Å². The Labute approximate surface area is 128 Å². The lowest BCUT2D eigenvalue weighted by Crippen LogP contribution is -1.94. The Morgan fingerprint density at radius 3 is 2.95 bits per heavy atom. The van der Waals surface area contributed by atoms with Crippen molar-refractivity contribution in [2.45, 2.75) is 0 Å². The highest BCUT2D eigenvalue weighted by molar-refractivity contribution is 14.2. The normalized spacial score (nSPS) is 11.7. The third-order valence-electron chi connectivity index (χ3n) is 2.58. The molecule has 9 heteroatoms. The van der Waals surface area contributed by atoms with Crippen molar-refractivity contribution in [2.24, 2.45) is 0 Å². The van der Waals surface area contributed by atoms with Crippen LogP contribution >= 0.6 is 28.4 Å². The molecule has 1 unspecified atom stereocenters. The molecule has 0 saturated heterocycles. The van der Waals surface area contributed by atoms with Gasteiger partial charge in [-0.25, -0.2) is 9.25 Å². The van der Waals surface area contributed by atoms with Crippen LogP contribution in [-0.4, -0.2) is 27.6 Å². The van der Waals surface area contributed by atoms with Crippen LogP contribution in [0, 0.1) is 10.1 Å². The zero-order chi connectivity index (χ0) is 14.7. The molecule has 20 heavy (non-hydrogen) atoms. The van der Waals surface area contributed by atoms with Crippen LogP contribution < -0.4 is 0 Å². The van der Waals surface area contributed by atoms with E-state index in [0.29, 0.717) is 22.8 Å². The fourth-order valence-electron chi connectivity index (χ4n) is 1.68. The van der Waals surface area contributed by atoms with Gasteiger partial charge in [0.25, 0.3) is 5.69 Å². The number of halogens is 1. The number of carbonyl (C=O) groups is 1. The molecular weight excluding hydrogens is 396 g/mol. The molecule has 0 N–H and O–H groups in total. The molecular formula is C11H9IN3O4P. The van der Waals surface area contributed by atoms with Gasteiger partial charge in [0.1, 0.15) is 0 Å². The molecule has 0 fully saturated rings. The van der Waals surface area contributed by atoms with E-state index in [1.807, 2.05) is 0 Å². The number of fused-ring (bicyclic) bond motifs is 1. The first kappa shape index (κ1) is 14.9. The molecule has 0 bridgehead atoms. The first-order valence-corrected chi connectivity index (χ1v) is 9.42. The SMILES string of the molecule is COC(=O)/C=C/c1cc([N+](=O)[O-])c2cnn(PI)c2c1. The maximum absolute atomic E-state index is 11.1. The smallest absolute Gasteiger partial charge is 0.330 e. The number of esters is 1. The fraction of sp³-hybridized carbons (Fsp3) is 0.0909. The monoisotopic (exact) mass is 405 g/mol. The third kappa shape index (κ3) is 2.96. The third-order valence-corrected chi connectivity index (χ3v) is 4.47. The van der Waals surface area contributed by atoms with Crippen molar-refractivity contribution in [1.82, 2.24) is 9.55 Å². The van der Waals surface area contributed by atoms with E-state index in [0.717, 1.165) is 0 Å². The largest absolute Gasteiger partial charge is 0.466 e. The van der Waals surface area contributed by atoms with Crippen LogP contribution in [0.1, 0.15) is 5.56 Å². The number of non-ortho nitro benzene ring substituents is 1. The molecule has 0 spiro atoms. The first-order chi connectivity index (χ1) is 9.56. The molecule has 2 rings (SSSR count). The number of methoxy groups -OCH3 is 1. The van der Waals surface area contributed by atoms with E-state index in [2.05, 4.69) is 31.9 Å². The van der Waals surface area contributed by atoms with Crippen molar-refractivity contribution in [3.63, 3.8) is 0 Å². The number of aromatic nitrogens is 2. The van der Waals surface area contributed by atoms with Crippen molar-refractivity contribution in [2.75, 3.05) is 7.11 Å². The number of rotatable bonds is 4. The van der Waals surface area contributed by atoms with Gasteiger partial charge in [-0.15, -0.1) is 0 Å². The van der Waals surface area contributed by atoms with E-state index >= 15 is 0 Å². The number of hydrogen-bond acceptors (Lipinski definition) is 5. The average Bonchev–Trinajstić information content (AvgIpc) is 2.86. The van der Waals surface area contributed by atoms with Gasteiger partial charge < -0.3 is 4.74 Å². The van der Waals surface area contributed by atoms with Crippen LogP contribution in [-0.2, 0) is 9.53 Å². The number of hydrogen-bond donors (Lipinski definition) is 0. The Balaban J connectivity index is 2.59. The van der Waals surface area contributed by atoms with Crippen molar-refractivity contribution in [3.8, 4) is 0 Å². The second-order valence-electron chi connectivity index (χ2n) is 3.73. The zero-order valence-electron chi connectivity index (χ0n) is 10.2. The van der Waals surface area contributed by atoms with E-state index in [9.17, 15) is 14.9 Å². The summed E-state index contributed by atoms with van der Waals surface area (Å²) in [6.45, 7) is 0. The Morgan fingerprint density at radius 1 is 1.60 bits per heavy atom. The second-order valence-corrected chi connectivity index (χ2v) is 5.77. The van der Waals surface area contributed by atoms with Crippen molar-refractivity contribution in [3.05, 3.63) is 40.1 Å². The number of nitro benzene ring substituents is 1. The maximum atomic E-state index is 11.1. The Kier molecular flexibility index (Phi) is 4.66. The summed E-state index contributed by atoms with van der Waals surface area (Å²) in [7, 11) is 1.27. The van der Waals surface area contributed by atoms with E-state index < -0.39 is 10.9 Å². The topological polar surface area (TPSA) is 87.3 Å². The average molecular weight is 405 g/mol. The van der Waals surface area contributed by atoms with Gasteiger partial charge in [-0.1, -0.05) is 0 Å². The summed E-state index contributed by atoms with van der Waals surface area (Å²) in [5.41, 5.74) is 1.18. The lowest BCUT2D eigenvalue weighted by molar-refractivity contribution is -0.383. The van der Waals surface area contributed by atoms with Crippen molar-refractivity contribution >= 4 is 57.1 Å². The van der Waals surface area contributed by atoms with Gasteiger partial charge in [-0.3, -0.25) is 10.1 Å². The van der Waals surface area contributed by atoms with Crippen molar-refractivity contribution < 1.29 is 14.5 Å². The van der Waals surface area contributed by atoms with Gasteiger partial charge in [-0.05, 0) is 39.7 Å². The molecule has 0 aliphatic rings. The highest BCUT2D eigenvalue weighted by Gasteiger charge is 2.16. The molecule has 0 aliphatic carbocycles. The molecule has 1 aromatic carbocycles. The number of nitro groups is 1. The second kappa shape index (κ2) is 6.27. The van der Waals surface area contributed by atoms with Gasteiger partial charge >= 0.3 is 5.97 Å². The molecule has 1 aromatic heterocycles. The summed E-state index contributed by atoms with van der Waals surface area (Å²) in [5.74, 6) is -0.517. The van der Waals surface area contributed by atoms with Gasteiger partial charge in [0.2, 0.25) is 0 Å². The van der Waals surface area contributed by atoms with Gasteiger partial charge in [0.05, 0.1) is 35.5 Å². The van der Waals surface area contributed by atoms with Crippen LogP contribution in [0.15, 0.2) is 24.4 Å². The van der Waals surface area contributed by atoms with E-state index in [1.165, 1.54) is 31.5 Å². The summed E-state index contributed by atoms with van der Waals surface area (Å²) < 4.78 is 6.17. The molecule has 0 saturated carbocycles. The first-order valence-electron chi connectivity index (χ1n) is 5.35. The zero-order valence-corrected chi connectivity index (χ0v) is 13.4. The highest BCUT2D eigenvalue weighted by Crippen LogP contribution is 2.33. The van der Waals surface area contributed by atoms with Gasteiger partial charge in [-0.2, -0.15) is 5.10 Å². The minimum atomic E-state index is -0.517. The molecule has 0 amide bonds. The van der Waals surface area contributed by atoms with Crippen LogP contribution in [0.2, 0.25) is 0 Å². The summed E-state index contributed by atoms with van der Waals surface area (Å²) in [5, 5.41) is 15.7. The predicted octanol–water partition coefficient (Wildman–Crippen LogP) is 2.92. The van der Waals surface area contributed by atoms with Crippen LogP contribution in [0.4, 0.5) is 5.69 Å². The molecule has 0 radical (unpaired) electrons. The summed E-state index contributed by atoms with van der Waals surface area (Å²) in [6.07, 6.45) is 4.51. The Bertz CT molecular complexity index is 713. The minimum absolute atomic E-state index is 0.0343. The maximum Gasteiger partial charge on any atom is 0.330 e. The van der Waals surface area contributed by atoms with Crippen molar-refractivity contribution in [1.29, 1.82) is 0 Å². The molecule has 1 atom stereocenters. The van der Waals surface area contributed by atoms with Gasteiger partial charge in [0, 0.05) is 12.1 Å². The van der Waals surface area contributed by atoms with E-state index in [-0.39, 0.29) is 5.69 Å². The molecule has 7 nitrogen and oxygen atoms in total. The number of nitrogens with zero attached hydrogens (tertiary/aromatic N) is 3. The van der Waals surface area contributed by atoms with E-state index in [1.54, 1.807) is 10.5 Å². The highest BCUT2D eigenvalue weighted by atomic mass is 127. The summed E-state index contributed by atoms with van der Waals surface area (Å²) in [4.78, 5) is 21.7. The lowest BCUT2D eigenvalue weighted by Gasteiger charge is -2.00. The van der Waals surface area contributed by atoms with Crippen LogP contribution in [0.3, 0.4) is 0 Å². The quantitative estimate of drug-likeness (QED) is 0.195. The summed E-state index contributed by atoms with van der Waals surface area (Å²) in [6, 6.07) is 3.16. The fourth-order valence-corrected chi connectivity index (χ4v) is 3.21. The Hall–Kier alpha value is -1.54. The van der Waals surface area contributed by atoms with Gasteiger partial charge in [0.15, 0.2) is 0 Å². The number of carbonyl (C=O) groups excluding carboxylic acids is 1. The Morgan fingerprint density at radius 2 is 2.35 bits per heavy atom. The molecule has 2 aromatic rings. The molecule has 0 aliphatic heterocycles. The standard InChI is InChI=1S/C11H9IN3O4P/c1-19-11(16)3-2-7-4-9-8(6-13-14(9)20-12)10(5-7)15(17)18/h2-6,20H,1H3/b3-2+. The molecule has 104 valence electrons. The molecule has 1 heterocycles. The lowest BCUT2D eigenvalue weighted by atomic mass is 10.1. The number of benzene rings is 1. The predicted molar refractivity (Wildman–Crippen MR) is 85.2 cm³/mol. The van der Waals surface area contributed by atoms with E-state index in [4.69, 9.17) is 0 Å². The minimum Gasteiger partial charge on any atom is -0.466 e. The number of ether oxygens (including phenoxy) is 1.